The van der Waals surface area contributed by atoms with Crippen molar-refractivity contribution >= 4 is 5.97 Å². The van der Waals surface area contributed by atoms with Crippen molar-refractivity contribution in [3.63, 3.8) is 0 Å². The molecule has 0 saturated carbocycles. The Kier molecular flexibility index (Phi) is 3.75. The highest BCUT2D eigenvalue weighted by Gasteiger charge is 2.45. The van der Waals surface area contributed by atoms with Crippen molar-refractivity contribution in [3.8, 4) is 17.2 Å². The molecule has 3 aliphatic rings. The molecule has 0 amide bonds. The van der Waals surface area contributed by atoms with Gasteiger partial charge in [0.15, 0.2) is 17.2 Å². The van der Waals surface area contributed by atoms with Crippen LogP contribution >= 0.6 is 0 Å². The number of carbonyl (C=O) groups is 1. The van der Waals surface area contributed by atoms with E-state index in [-0.39, 0.29) is 25.3 Å². The van der Waals surface area contributed by atoms with Crippen LogP contribution < -0.4 is 19.5 Å². The minimum Gasteiger partial charge on any atom is -0.468 e. The Hall–Kier alpha value is -3.15. The van der Waals surface area contributed by atoms with Crippen LogP contribution in [0.5, 0.6) is 17.2 Å². The molecule has 0 unspecified atom stereocenters. The van der Waals surface area contributed by atoms with Crippen LogP contribution in [0, 0.1) is 0 Å². The predicted octanol–water partition coefficient (Wildman–Crippen LogP) is 3.62. The number of hydrogen-bond acceptors (Lipinski definition) is 6. The summed E-state index contributed by atoms with van der Waals surface area (Å²) < 4.78 is 22.5. The van der Waals surface area contributed by atoms with E-state index in [0.717, 1.165) is 22.6 Å². The van der Waals surface area contributed by atoms with Crippen LogP contribution in [0.1, 0.15) is 37.3 Å². The standard InChI is InChI=1S/C22H21NO5/c1-13-20(16-10-22(2,23-13)28-17-6-4-3-5-15(16)17)21(24)25-11-14-7-8-18-19(9-14)27-12-26-18/h3-9,16,23H,10-12H2,1-2H3/t16-,22+/m1/s1. The van der Waals surface area contributed by atoms with Gasteiger partial charge < -0.3 is 24.3 Å². The lowest BCUT2D eigenvalue weighted by Crippen LogP contribution is -2.54. The van der Waals surface area contributed by atoms with Gasteiger partial charge in [-0.3, -0.25) is 0 Å². The number of nitrogens with one attached hydrogen (secondary N) is 1. The Bertz CT molecular complexity index is 998. The van der Waals surface area contributed by atoms with Crippen molar-refractivity contribution < 1.29 is 23.7 Å². The van der Waals surface area contributed by atoms with Crippen molar-refractivity contribution in [3.05, 3.63) is 64.9 Å². The number of para-hydroxylation sites is 1. The Morgan fingerprint density at radius 1 is 1.18 bits per heavy atom. The number of fused-ring (bicyclic) bond motifs is 5. The maximum atomic E-state index is 13.0. The average molecular weight is 379 g/mol. The molecule has 1 N–H and O–H groups in total. The summed E-state index contributed by atoms with van der Waals surface area (Å²) in [6.45, 7) is 4.31. The molecular weight excluding hydrogens is 358 g/mol. The molecule has 0 saturated heterocycles. The Morgan fingerprint density at radius 2 is 2.00 bits per heavy atom. The van der Waals surface area contributed by atoms with Gasteiger partial charge in [0.1, 0.15) is 12.4 Å². The van der Waals surface area contributed by atoms with Gasteiger partial charge in [-0.15, -0.1) is 0 Å². The molecule has 0 aromatic heterocycles. The Balaban J connectivity index is 1.39. The molecule has 144 valence electrons. The summed E-state index contributed by atoms with van der Waals surface area (Å²) in [7, 11) is 0. The van der Waals surface area contributed by atoms with Crippen LogP contribution in [-0.4, -0.2) is 18.5 Å². The molecule has 2 aromatic carbocycles. The largest absolute Gasteiger partial charge is 0.468 e. The maximum Gasteiger partial charge on any atom is 0.336 e. The second kappa shape index (κ2) is 6.19. The molecule has 0 spiro atoms. The summed E-state index contributed by atoms with van der Waals surface area (Å²) >= 11 is 0. The van der Waals surface area contributed by atoms with Gasteiger partial charge in [-0.1, -0.05) is 24.3 Å². The third kappa shape index (κ3) is 2.76. The number of hydrogen-bond donors (Lipinski definition) is 1. The minimum atomic E-state index is -0.524. The zero-order valence-corrected chi connectivity index (χ0v) is 15.8. The zero-order chi connectivity index (χ0) is 19.3. The number of ether oxygens (including phenoxy) is 4. The minimum absolute atomic E-state index is 0.0551. The first-order valence-corrected chi connectivity index (χ1v) is 9.35. The Morgan fingerprint density at radius 3 is 2.89 bits per heavy atom. The highest BCUT2D eigenvalue weighted by Crippen LogP contribution is 2.47. The van der Waals surface area contributed by atoms with Crippen molar-refractivity contribution in [2.45, 2.75) is 38.5 Å². The fourth-order valence-corrected chi connectivity index (χ4v) is 4.26. The highest BCUT2D eigenvalue weighted by molar-refractivity contribution is 5.91. The van der Waals surface area contributed by atoms with Crippen LogP contribution in [0.2, 0.25) is 0 Å². The van der Waals surface area contributed by atoms with E-state index in [0.29, 0.717) is 23.5 Å². The van der Waals surface area contributed by atoms with E-state index < -0.39 is 5.72 Å². The monoisotopic (exact) mass is 379 g/mol. The number of carbonyl (C=O) groups excluding carboxylic acids is 1. The highest BCUT2D eigenvalue weighted by atomic mass is 16.7. The van der Waals surface area contributed by atoms with Crippen molar-refractivity contribution in [2.24, 2.45) is 0 Å². The van der Waals surface area contributed by atoms with E-state index in [2.05, 4.69) is 5.32 Å². The second-order valence-corrected chi connectivity index (χ2v) is 7.55. The molecule has 3 aliphatic heterocycles. The molecule has 2 aromatic rings. The summed E-state index contributed by atoms with van der Waals surface area (Å²) in [5, 5.41) is 3.35. The predicted molar refractivity (Wildman–Crippen MR) is 101 cm³/mol. The van der Waals surface area contributed by atoms with Gasteiger partial charge in [0, 0.05) is 23.6 Å². The molecule has 2 bridgehead atoms. The van der Waals surface area contributed by atoms with Crippen LogP contribution in [0.15, 0.2) is 53.7 Å². The number of rotatable bonds is 3. The van der Waals surface area contributed by atoms with Gasteiger partial charge in [-0.25, -0.2) is 4.79 Å². The zero-order valence-electron chi connectivity index (χ0n) is 15.8. The maximum absolute atomic E-state index is 13.0. The van der Waals surface area contributed by atoms with Crippen LogP contribution in [0.4, 0.5) is 0 Å². The molecule has 2 atom stereocenters. The first-order valence-electron chi connectivity index (χ1n) is 9.35. The van der Waals surface area contributed by atoms with E-state index in [1.807, 2.05) is 56.3 Å². The smallest absolute Gasteiger partial charge is 0.336 e. The van der Waals surface area contributed by atoms with Crippen molar-refractivity contribution in [2.75, 3.05) is 6.79 Å². The van der Waals surface area contributed by atoms with Gasteiger partial charge in [0.05, 0.1) is 5.57 Å². The lowest BCUT2D eigenvalue weighted by atomic mass is 9.78. The molecular formula is C22H21NO5. The summed E-state index contributed by atoms with van der Waals surface area (Å²) in [4.78, 5) is 13.0. The van der Waals surface area contributed by atoms with Gasteiger partial charge in [-0.05, 0) is 37.6 Å². The topological polar surface area (TPSA) is 66.0 Å². The van der Waals surface area contributed by atoms with E-state index in [1.54, 1.807) is 0 Å². The number of benzene rings is 2. The lowest BCUT2D eigenvalue weighted by molar-refractivity contribution is -0.141. The second-order valence-electron chi connectivity index (χ2n) is 7.55. The lowest BCUT2D eigenvalue weighted by Gasteiger charge is -2.45. The SMILES string of the molecule is CC1=C(C(=O)OCc2ccc3c(c2)OCO3)[C@@H]2C[C@@](C)(N1)Oc1ccccc12. The molecule has 28 heavy (non-hydrogen) atoms. The summed E-state index contributed by atoms with van der Waals surface area (Å²) in [5.74, 6) is 1.83. The molecule has 0 aliphatic carbocycles. The molecule has 6 nitrogen and oxygen atoms in total. The Labute approximate surface area is 163 Å². The fourth-order valence-electron chi connectivity index (χ4n) is 4.26. The summed E-state index contributed by atoms with van der Waals surface area (Å²) in [6, 6.07) is 13.4. The van der Waals surface area contributed by atoms with Gasteiger partial charge in [0.25, 0.3) is 0 Å². The first-order chi connectivity index (χ1) is 13.5. The van der Waals surface area contributed by atoms with E-state index in [4.69, 9.17) is 18.9 Å². The first kappa shape index (κ1) is 17.0. The summed E-state index contributed by atoms with van der Waals surface area (Å²) in [5.41, 5.74) is 2.81. The number of allylic oxidation sites excluding steroid dienone is 1. The molecule has 0 fully saturated rings. The van der Waals surface area contributed by atoms with E-state index in [9.17, 15) is 4.79 Å². The molecule has 5 rings (SSSR count). The van der Waals surface area contributed by atoms with Gasteiger partial charge in [-0.2, -0.15) is 0 Å². The summed E-state index contributed by atoms with van der Waals surface area (Å²) in [6.07, 6.45) is 0.676. The van der Waals surface area contributed by atoms with E-state index in [1.165, 1.54) is 0 Å². The molecule has 6 heteroatoms. The number of esters is 1. The van der Waals surface area contributed by atoms with E-state index >= 15 is 0 Å². The third-order valence-electron chi connectivity index (χ3n) is 5.45. The van der Waals surface area contributed by atoms with Crippen LogP contribution in [0.25, 0.3) is 0 Å². The fraction of sp³-hybridized carbons (Fsp3) is 0.318. The third-order valence-corrected chi connectivity index (χ3v) is 5.45. The van der Waals surface area contributed by atoms with Crippen molar-refractivity contribution in [1.82, 2.24) is 5.32 Å². The quantitative estimate of drug-likeness (QED) is 0.822. The molecule has 0 radical (unpaired) electrons. The van der Waals surface area contributed by atoms with Gasteiger partial charge in [0.2, 0.25) is 6.79 Å². The average Bonchev–Trinajstić information content (AvgIpc) is 3.13. The van der Waals surface area contributed by atoms with Gasteiger partial charge >= 0.3 is 5.97 Å². The van der Waals surface area contributed by atoms with Crippen molar-refractivity contribution in [1.29, 1.82) is 0 Å². The molecule has 3 heterocycles. The normalized spacial score (nSPS) is 24.1. The van der Waals surface area contributed by atoms with Crippen LogP contribution in [-0.2, 0) is 16.1 Å². The van der Waals surface area contributed by atoms with Crippen LogP contribution in [0.3, 0.4) is 0 Å².